The molecule has 0 bridgehead atoms. The lowest BCUT2D eigenvalue weighted by atomic mass is 10.0. The van der Waals surface area contributed by atoms with E-state index in [-0.39, 0.29) is 11.8 Å². The number of nitrogens with zero attached hydrogens (tertiary/aromatic N) is 2. The van der Waals surface area contributed by atoms with Crippen LogP contribution in [0.25, 0.3) is 5.57 Å². The molecule has 5 heteroatoms. The van der Waals surface area contributed by atoms with Crippen LogP contribution < -0.4 is 9.64 Å². The predicted molar refractivity (Wildman–Crippen MR) is 120 cm³/mol. The number of amides is 2. The van der Waals surface area contributed by atoms with E-state index in [4.69, 9.17) is 4.74 Å². The minimum absolute atomic E-state index is 0.233. The van der Waals surface area contributed by atoms with Gasteiger partial charge in [-0.3, -0.25) is 14.5 Å². The number of methoxy groups -OCH3 is 1. The van der Waals surface area contributed by atoms with Crippen molar-refractivity contribution in [2.45, 2.75) is 39.5 Å². The van der Waals surface area contributed by atoms with Crippen LogP contribution in [-0.4, -0.2) is 36.9 Å². The van der Waals surface area contributed by atoms with Crippen LogP contribution in [0.1, 0.15) is 45.1 Å². The van der Waals surface area contributed by atoms with E-state index in [9.17, 15) is 9.59 Å². The summed E-state index contributed by atoms with van der Waals surface area (Å²) in [6.45, 7) is 5.14. The molecule has 0 atom stereocenters. The summed E-state index contributed by atoms with van der Waals surface area (Å²) in [6.07, 6.45) is 4.02. The van der Waals surface area contributed by atoms with Crippen molar-refractivity contribution in [3.05, 3.63) is 65.9 Å². The molecule has 2 aromatic rings. The fourth-order valence-electron chi connectivity index (χ4n) is 3.89. The van der Waals surface area contributed by atoms with E-state index >= 15 is 0 Å². The molecule has 5 nitrogen and oxygen atoms in total. The van der Waals surface area contributed by atoms with Crippen molar-refractivity contribution >= 4 is 23.1 Å². The highest BCUT2D eigenvalue weighted by Gasteiger charge is 2.42. The van der Waals surface area contributed by atoms with E-state index in [1.165, 1.54) is 4.90 Å². The first-order chi connectivity index (χ1) is 14.6. The summed E-state index contributed by atoms with van der Waals surface area (Å²) in [6, 6.07) is 17.1. The molecule has 0 N–H and O–H groups in total. The highest BCUT2D eigenvalue weighted by atomic mass is 16.5. The molecule has 30 heavy (non-hydrogen) atoms. The first-order valence-corrected chi connectivity index (χ1v) is 10.7. The fourth-order valence-corrected chi connectivity index (χ4v) is 3.89. The molecule has 1 heterocycles. The molecule has 0 saturated heterocycles. The number of rotatable bonds is 10. The molecule has 2 amide bonds. The van der Waals surface area contributed by atoms with E-state index in [1.54, 1.807) is 7.11 Å². The molecule has 0 aliphatic carbocycles. The maximum atomic E-state index is 13.5. The van der Waals surface area contributed by atoms with Crippen LogP contribution in [0.2, 0.25) is 0 Å². The largest absolute Gasteiger partial charge is 0.496 e. The van der Waals surface area contributed by atoms with Gasteiger partial charge < -0.3 is 9.64 Å². The van der Waals surface area contributed by atoms with E-state index in [0.717, 1.165) is 31.4 Å². The topological polar surface area (TPSA) is 49.9 Å². The zero-order chi connectivity index (χ0) is 21.5. The lowest BCUT2D eigenvalue weighted by molar-refractivity contribution is -0.137. The number of imide groups is 1. The van der Waals surface area contributed by atoms with Crippen LogP contribution in [0.4, 0.5) is 5.69 Å². The fraction of sp³-hybridized carbons (Fsp3) is 0.360. The van der Waals surface area contributed by atoms with Crippen molar-refractivity contribution in [1.29, 1.82) is 0 Å². The zero-order valence-electron chi connectivity index (χ0n) is 18.1. The van der Waals surface area contributed by atoms with Crippen molar-refractivity contribution < 1.29 is 14.3 Å². The van der Waals surface area contributed by atoms with Gasteiger partial charge in [-0.1, -0.05) is 62.6 Å². The van der Waals surface area contributed by atoms with Gasteiger partial charge in [0.2, 0.25) is 0 Å². The number of anilines is 1. The molecular weight excluding hydrogens is 376 g/mol. The average Bonchev–Trinajstić information content (AvgIpc) is 3.02. The number of benzene rings is 2. The number of para-hydroxylation sites is 2. The molecule has 0 aromatic heterocycles. The Hall–Kier alpha value is -3.08. The quantitative estimate of drug-likeness (QED) is 0.417. The zero-order valence-corrected chi connectivity index (χ0v) is 18.1. The monoisotopic (exact) mass is 406 g/mol. The van der Waals surface area contributed by atoms with Gasteiger partial charge >= 0.3 is 0 Å². The van der Waals surface area contributed by atoms with Gasteiger partial charge in [0.1, 0.15) is 11.4 Å². The molecule has 0 unspecified atom stereocenters. The van der Waals surface area contributed by atoms with Crippen molar-refractivity contribution in [3.63, 3.8) is 0 Å². The third-order valence-electron chi connectivity index (χ3n) is 5.41. The highest BCUT2D eigenvalue weighted by Crippen LogP contribution is 2.37. The molecule has 0 saturated carbocycles. The van der Waals surface area contributed by atoms with Crippen LogP contribution in [0, 0.1) is 0 Å². The normalized spacial score (nSPS) is 13.9. The molecule has 2 aromatic carbocycles. The summed E-state index contributed by atoms with van der Waals surface area (Å²) in [5.74, 6) is 0.108. The molecule has 3 rings (SSSR count). The molecule has 1 aliphatic heterocycles. The predicted octanol–water partition coefficient (Wildman–Crippen LogP) is 4.88. The van der Waals surface area contributed by atoms with Gasteiger partial charge in [0, 0.05) is 24.3 Å². The smallest absolute Gasteiger partial charge is 0.278 e. The Morgan fingerprint density at radius 2 is 1.57 bits per heavy atom. The highest BCUT2D eigenvalue weighted by molar-refractivity contribution is 6.37. The summed E-state index contributed by atoms with van der Waals surface area (Å²) in [5.41, 5.74) is 2.38. The van der Waals surface area contributed by atoms with Gasteiger partial charge in [0.15, 0.2) is 0 Å². The molecule has 0 fully saturated rings. The van der Waals surface area contributed by atoms with Crippen LogP contribution in [-0.2, 0) is 9.59 Å². The Balaban J connectivity index is 2.09. The molecule has 1 aliphatic rings. The first-order valence-electron chi connectivity index (χ1n) is 10.7. The standard InChI is InChI=1S/C25H30N2O3/c1-4-6-7-13-18-27-24(28)22(20-16-11-12-17-21(20)30-3)23(25(27)29)26(5-2)19-14-9-8-10-15-19/h8-12,14-17H,4-7,13,18H2,1-3H3. The Bertz CT molecular complexity index is 921. The summed E-state index contributed by atoms with van der Waals surface area (Å²) >= 11 is 0. The lowest BCUT2D eigenvalue weighted by Gasteiger charge is -2.25. The minimum Gasteiger partial charge on any atom is -0.496 e. The summed E-state index contributed by atoms with van der Waals surface area (Å²) < 4.78 is 5.52. The number of hydrogen-bond donors (Lipinski definition) is 0. The Morgan fingerprint density at radius 3 is 2.23 bits per heavy atom. The second kappa shape index (κ2) is 10.1. The van der Waals surface area contributed by atoms with Gasteiger partial charge in [-0.2, -0.15) is 0 Å². The van der Waals surface area contributed by atoms with Gasteiger partial charge in [-0.05, 0) is 31.5 Å². The van der Waals surface area contributed by atoms with E-state index in [1.807, 2.05) is 66.4 Å². The average molecular weight is 407 g/mol. The summed E-state index contributed by atoms with van der Waals surface area (Å²) in [7, 11) is 1.58. The van der Waals surface area contributed by atoms with E-state index in [2.05, 4.69) is 6.92 Å². The number of ether oxygens (including phenoxy) is 1. The van der Waals surface area contributed by atoms with E-state index < -0.39 is 0 Å². The van der Waals surface area contributed by atoms with Crippen molar-refractivity contribution in [3.8, 4) is 5.75 Å². The SMILES string of the molecule is CCCCCCN1C(=O)C(c2ccccc2OC)=C(N(CC)c2ccccc2)C1=O. The molecular formula is C25H30N2O3. The first kappa shape index (κ1) is 21.6. The number of carbonyl (C=O) groups is 2. The van der Waals surface area contributed by atoms with Crippen LogP contribution in [0.3, 0.4) is 0 Å². The number of carbonyl (C=O) groups excluding carboxylic acids is 2. The maximum Gasteiger partial charge on any atom is 0.278 e. The third-order valence-corrected chi connectivity index (χ3v) is 5.41. The van der Waals surface area contributed by atoms with Crippen LogP contribution in [0.5, 0.6) is 5.75 Å². The molecule has 158 valence electrons. The molecule has 0 radical (unpaired) electrons. The van der Waals surface area contributed by atoms with Crippen molar-refractivity contribution in [1.82, 2.24) is 4.90 Å². The minimum atomic E-state index is -0.245. The lowest BCUT2D eigenvalue weighted by Crippen LogP contribution is -2.36. The van der Waals surface area contributed by atoms with Crippen molar-refractivity contribution in [2.75, 3.05) is 25.1 Å². The second-order valence-electron chi connectivity index (χ2n) is 7.33. The van der Waals surface area contributed by atoms with Crippen LogP contribution in [0.15, 0.2) is 60.3 Å². The number of hydrogen-bond acceptors (Lipinski definition) is 4. The third kappa shape index (κ3) is 4.25. The van der Waals surface area contributed by atoms with Crippen LogP contribution >= 0.6 is 0 Å². The van der Waals surface area contributed by atoms with E-state index in [0.29, 0.717) is 35.7 Å². The summed E-state index contributed by atoms with van der Waals surface area (Å²) in [5, 5.41) is 0. The van der Waals surface area contributed by atoms with Gasteiger partial charge in [-0.25, -0.2) is 0 Å². The number of unbranched alkanes of at least 4 members (excludes halogenated alkanes) is 3. The Labute approximate surface area is 178 Å². The number of likely N-dealkylation sites (N-methyl/N-ethyl adjacent to an activating group) is 1. The van der Waals surface area contributed by atoms with Crippen molar-refractivity contribution in [2.24, 2.45) is 0 Å². The Kier molecular flexibility index (Phi) is 7.28. The van der Waals surface area contributed by atoms with Gasteiger partial charge in [-0.15, -0.1) is 0 Å². The Morgan fingerprint density at radius 1 is 0.867 bits per heavy atom. The maximum absolute atomic E-state index is 13.5. The summed E-state index contributed by atoms with van der Waals surface area (Å²) in [4.78, 5) is 30.3. The van der Waals surface area contributed by atoms with Gasteiger partial charge in [0.05, 0.1) is 12.7 Å². The van der Waals surface area contributed by atoms with Gasteiger partial charge in [0.25, 0.3) is 11.8 Å². The molecule has 0 spiro atoms. The second-order valence-corrected chi connectivity index (χ2v) is 7.33.